The number of carbonyl (C=O) groups is 1. The Kier molecular flexibility index (Phi) is 4.42. The molecule has 0 atom stereocenters. The minimum Gasteiger partial charge on any atom is -0.320 e. The zero-order chi connectivity index (χ0) is 13.0. The molecule has 18 heavy (non-hydrogen) atoms. The third kappa shape index (κ3) is 3.35. The number of hydrogen-bond donors (Lipinski definition) is 1. The highest BCUT2D eigenvalue weighted by atomic mass is 35.5. The number of thiophene rings is 1. The molecule has 0 aliphatic heterocycles. The van der Waals surface area contributed by atoms with Crippen molar-refractivity contribution in [3.63, 3.8) is 0 Å². The Bertz CT molecular complexity index is 558. The lowest BCUT2D eigenvalue weighted by Crippen LogP contribution is -2.08. The summed E-state index contributed by atoms with van der Waals surface area (Å²) in [5.74, 6) is -0.267. The van der Waals surface area contributed by atoms with E-state index in [9.17, 15) is 4.79 Å². The van der Waals surface area contributed by atoms with E-state index in [0.29, 0.717) is 15.7 Å². The molecule has 0 aliphatic carbocycles. The number of hydrogen-bond acceptors (Lipinski definition) is 2. The van der Waals surface area contributed by atoms with E-state index in [4.69, 9.17) is 23.2 Å². The largest absolute Gasteiger partial charge is 0.320 e. The number of nitrogens with one attached hydrogen (secondary N) is 1. The summed E-state index contributed by atoms with van der Waals surface area (Å²) >= 11 is 13.5. The summed E-state index contributed by atoms with van der Waals surface area (Å²) in [4.78, 5) is 11.7. The Hall–Kier alpha value is -1.29. The number of anilines is 1. The molecule has 5 heteroatoms. The van der Waals surface area contributed by atoms with Crippen LogP contribution < -0.4 is 5.32 Å². The van der Waals surface area contributed by atoms with E-state index in [1.165, 1.54) is 6.08 Å². The number of amides is 1. The van der Waals surface area contributed by atoms with Gasteiger partial charge < -0.3 is 5.32 Å². The molecule has 1 heterocycles. The number of carbonyl (C=O) groups excluding carboxylic acids is 1. The van der Waals surface area contributed by atoms with Crippen LogP contribution in [0.3, 0.4) is 0 Å². The van der Waals surface area contributed by atoms with Crippen LogP contribution in [-0.4, -0.2) is 5.91 Å². The monoisotopic (exact) mass is 297 g/mol. The van der Waals surface area contributed by atoms with Gasteiger partial charge in [-0.2, -0.15) is 11.3 Å². The van der Waals surface area contributed by atoms with Gasteiger partial charge in [0.2, 0.25) is 5.91 Å². The van der Waals surface area contributed by atoms with Crippen molar-refractivity contribution in [1.82, 2.24) is 0 Å². The molecule has 92 valence electrons. The number of benzene rings is 1. The molecule has 0 aliphatic rings. The van der Waals surface area contributed by atoms with Crippen LogP contribution in [0.15, 0.2) is 41.1 Å². The second-order valence-corrected chi connectivity index (χ2v) is 5.07. The predicted octanol–water partition coefficient (Wildman–Crippen LogP) is 4.71. The fourth-order valence-electron chi connectivity index (χ4n) is 1.32. The number of rotatable bonds is 3. The first-order valence-electron chi connectivity index (χ1n) is 5.12. The highest BCUT2D eigenvalue weighted by Crippen LogP contribution is 2.29. The Morgan fingerprint density at radius 2 is 1.94 bits per heavy atom. The third-order valence-corrected chi connectivity index (χ3v) is 3.51. The van der Waals surface area contributed by atoms with Crippen LogP contribution in [0, 0.1) is 0 Å². The molecule has 0 saturated carbocycles. The van der Waals surface area contributed by atoms with Gasteiger partial charge in [-0.15, -0.1) is 0 Å². The molecular formula is C13H9Cl2NOS. The standard InChI is InChI=1S/C13H9Cl2NOS/c14-10-2-1-3-11(15)13(10)16-12(17)5-4-9-6-7-18-8-9/h1-8H,(H,16,17)/b5-4+. The van der Waals surface area contributed by atoms with E-state index in [2.05, 4.69) is 5.32 Å². The van der Waals surface area contributed by atoms with Gasteiger partial charge in [0.1, 0.15) is 0 Å². The van der Waals surface area contributed by atoms with Crippen LogP contribution in [0.4, 0.5) is 5.69 Å². The van der Waals surface area contributed by atoms with Crippen LogP contribution in [0.25, 0.3) is 6.08 Å². The van der Waals surface area contributed by atoms with Crippen LogP contribution in [-0.2, 0) is 4.79 Å². The van der Waals surface area contributed by atoms with Gasteiger partial charge in [-0.3, -0.25) is 4.79 Å². The van der Waals surface area contributed by atoms with Crippen molar-refractivity contribution >= 4 is 52.2 Å². The normalized spacial score (nSPS) is 10.8. The minimum absolute atomic E-state index is 0.267. The van der Waals surface area contributed by atoms with Gasteiger partial charge in [0.25, 0.3) is 0 Å². The summed E-state index contributed by atoms with van der Waals surface area (Å²) in [5.41, 5.74) is 1.42. The highest BCUT2D eigenvalue weighted by Gasteiger charge is 2.07. The van der Waals surface area contributed by atoms with E-state index >= 15 is 0 Å². The molecule has 0 unspecified atom stereocenters. The van der Waals surface area contributed by atoms with Gasteiger partial charge >= 0.3 is 0 Å². The Balaban J connectivity index is 2.08. The van der Waals surface area contributed by atoms with Crippen molar-refractivity contribution in [2.45, 2.75) is 0 Å². The Morgan fingerprint density at radius 1 is 1.22 bits per heavy atom. The molecule has 0 bridgehead atoms. The minimum atomic E-state index is -0.267. The van der Waals surface area contributed by atoms with Crippen LogP contribution in [0.1, 0.15) is 5.56 Å². The Labute approximate surface area is 119 Å². The van der Waals surface area contributed by atoms with Gasteiger partial charge in [0.05, 0.1) is 15.7 Å². The molecule has 0 radical (unpaired) electrons. The maximum Gasteiger partial charge on any atom is 0.248 e. The fraction of sp³-hybridized carbons (Fsp3) is 0. The molecule has 1 aromatic heterocycles. The van der Waals surface area contributed by atoms with E-state index in [1.54, 1.807) is 35.6 Å². The summed E-state index contributed by atoms with van der Waals surface area (Å²) in [6.45, 7) is 0. The summed E-state index contributed by atoms with van der Waals surface area (Å²) in [5, 5.41) is 7.39. The predicted molar refractivity (Wildman–Crippen MR) is 78.4 cm³/mol. The smallest absolute Gasteiger partial charge is 0.248 e. The quantitative estimate of drug-likeness (QED) is 0.817. The fourth-order valence-corrected chi connectivity index (χ4v) is 2.44. The third-order valence-electron chi connectivity index (χ3n) is 2.18. The molecule has 2 nitrogen and oxygen atoms in total. The van der Waals surface area contributed by atoms with Crippen molar-refractivity contribution in [3.05, 3.63) is 56.7 Å². The molecular weight excluding hydrogens is 289 g/mol. The van der Waals surface area contributed by atoms with E-state index in [1.807, 2.05) is 16.8 Å². The first kappa shape index (κ1) is 13.1. The molecule has 1 amide bonds. The lowest BCUT2D eigenvalue weighted by atomic mass is 10.3. The first-order valence-corrected chi connectivity index (χ1v) is 6.82. The van der Waals surface area contributed by atoms with Gasteiger partial charge in [-0.05, 0) is 40.6 Å². The zero-order valence-corrected chi connectivity index (χ0v) is 11.5. The average Bonchev–Trinajstić information content (AvgIpc) is 2.84. The average molecular weight is 298 g/mol. The summed E-state index contributed by atoms with van der Waals surface area (Å²) in [6.07, 6.45) is 3.18. The Morgan fingerprint density at radius 3 is 2.56 bits per heavy atom. The second kappa shape index (κ2) is 6.05. The zero-order valence-electron chi connectivity index (χ0n) is 9.19. The highest BCUT2D eigenvalue weighted by molar-refractivity contribution is 7.08. The summed E-state index contributed by atoms with van der Waals surface area (Å²) < 4.78 is 0. The molecule has 0 saturated heterocycles. The maximum atomic E-state index is 11.7. The van der Waals surface area contributed by atoms with Crippen LogP contribution in [0.2, 0.25) is 10.0 Å². The molecule has 0 spiro atoms. The van der Waals surface area contributed by atoms with Crippen LogP contribution in [0.5, 0.6) is 0 Å². The number of halogens is 2. The number of para-hydroxylation sites is 1. The van der Waals surface area contributed by atoms with Gasteiger partial charge in [0.15, 0.2) is 0 Å². The molecule has 2 rings (SSSR count). The van der Waals surface area contributed by atoms with Gasteiger partial charge in [-0.25, -0.2) is 0 Å². The first-order chi connectivity index (χ1) is 8.66. The molecule has 2 aromatic rings. The van der Waals surface area contributed by atoms with Gasteiger partial charge in [0, 0.05) is 6.08 Å². The molecule has 0 fully saturated rings. The topological polar surface area (TPSA) is 29.1 Å². The van der Waals surface area contributed by atoms with Crippen molar-refractivity contribution in [3.8, 4) is 0 Å². The second-order valence-electron chi connectivity index (χ2n) is 3.48. The van der Waals surface area contributed by atoms with Gasteiger partial charge in [-0.1, -0.05) is 29.3 Å². The van der Waals surface area contributed by atoms with Crippen molar-refractivity contribution in [2.24, 2.45) is 0 Å². The van der Waals surface area contributed by atoms with E-state index in [0.717, 1.165) is 5.56 Å². The maximum absolute atomic E-state index is 11.7. The van der Waals surface area contributed by atoms with Crippen molar-refractivity contribution < 1.29 is 4.79 Å². The van der Waals surface area contributed by atoms with E-state index in [-0.39, 0.29) is 5.91 Å². The summed E-state index contributed by atoms with van der Waals surface area (Å²) in [7, 11) is 0. The van der Waals surface area contributed by atoms with E-state index < -0.39 is 0 Å². The van der Waals surface area contributed by atoms with Crippen molar-refractivity contribution in [2.75, 3.05) is 5.32 Å². The van der Waals surface area contributed by atoms with Crippen LogP contribution >= 0.6 is 34.5 Å². The molecule has 1 aromatic carbocycles. The SMILES string of the molecule is O=C(/C=C/c1ccsc1)Nc1c(Cl)cccc1Cl. The summed E-state index contributed by atoms with van der Waals surface area (Å²) in [6, 6.07) is 7.00. The lowest BCUT2D eigenvalue weighted by Gasteiger charge is -2.06. The van der Waals surface area contributed by atoms with Crippen molar-refractivity contribution in [1.29, 1.82) is 0 Å². The lowest BCUT2D eigenvalue weighted by molar-refractivity contribution is -0.111. The molecule has 1 N–H and O–H groups in total.